The van der Waals surface area contributed by atoms with E-state index in [0.717, 1.165) is 11.3 Å². The van der Waals surface area contributed by atoms with Crippen molar-refractivity contribution < 1.29 is 23.6 Å². The number of anilines is 1. The first kappa shape index (κ1) is 22.3. The van der Waals surface area contributed by atoms with Crippen molar-refractivity contribution in [2.24, 2.45) is 0 Å². The number of carbonyl (C=O) groups is 1. The predicted molar refractivity (Wildman–Crippen MR) is 126 cm³/mol. The van der Waals surface area contributed by atoms with Crippen LogP contribution in [0.5, 0.6) is 11.5 Å². The highest BCUT2D eigenvalue weighted by Gasteiger charge is 2.28. The van der Waals surface area contributed by atoms with Gasteiger partial charge >= 0.3 is 0 Å². The van der Waals surface area contributed by atoms with Crippen LogP contribution in [0.4, 0.5) is 11.4 Å². The van der Waals surface area contributed by atoms with Gasteiger partial charge in [-0.2, -0.15) is 0 Å². The monoisotopic (exact) mass is 467 g/mol. The lowest BCUT2D eigenvalue weighted by Gasteiger charge is -2.16. The number of carbonyl (C=O) groups excluding carboxylic acids is 1. The molecule has 0 saturated carbocycles. The summed E-state index contributed by atoms with van der Waals surface area (Å²) in [4.78, 5) is 23.9. The Bertz CT molecular complexity index is 1250. The number of nitro benzene ring substituents is 1. The van der Waals surface area contributed by atoms with E-state index in [0.29, 0.717) is 33.5 Å². The number of nitrogens with zero attached hydrogens (tertiary/aromatic N) is 1. The van der Waals surface area contributed by atoms with Crippen molar-refractivity contribution >= 4 is 35.1 Å². The Kier molecular flexibility index (Phi) is 6.27. The molecule has 2 aromatic carbocycles. The topological polar surface area (TPSA) is 116 Å². The molecule has 1 atom stereocenters. The highest BCUT2D eigenvalue weighted by atomic mass is 32.2. The average molecular weight is 468 g/mol. The van der Waals surface area contributed by atoms with Gasteiger partial charge in [0, 0.05) is 6.08 Å². The highest BCUT2D eigenvalue weighted by molar-refractivity contribution is 8.05. The minimum atomic E-state index is -0.491. The number of thioether (sulfide) groups is 1. The Hall–Kier alpha value is -3.92. The van der Waals surface area contributed by atoms with Crippen molar-refractivity contribution in [3.8, 4) is 22.8 Å². The van der Waals surface area contributed by atoms with Gasteiger partial charge in [0.25, 0.3) is 11.6 Å². The van der Waals surface area contributed by atoms with Crippen molar-refractivity contribution in [1.82, 2.24) is 5.32 Å². The fourth-order valence-electron chi connectivity index (χ4n) is 3.34. The number of methoxy groups -OCH3 is 2. The molecule has 0 bridgehead atoms. The Morgan fingerprint density at radius 3 is 2.70 bits per heavy atom. The Morgan fingerprint density at radius 2 is 1.97 bits per heavy atom. The second kappa shape index (κ2) is 9.29. The summed E-state index contributed by atoms with van der Waals surface area (Å²) >= 11 is 1.30. The smallest absolute Gasteiger partial charge is 0.284 e. The summed E-state index contributed by atoms with van der Waals surface area (Å²) in [5.41, 5.74) is 1.62. The quantitative estimate of drug-likeness (QED) is 0.290. The third-order valence-electron chi connectivity index (χ3n) is 4.94. The summed E-state index contributed by atoms with van der Waals surface area (Å²) in [5, 5.41) is 17.6. The first-order valence-electron chi connectivity index (χ1n) is 9.91. The maximum atomic E-state index is 12.5. The molecular formula is C23H21N3O6S. The molecule has 1 aliphatic heterocycles. The molecule has 1 aliphatic rings. The fourth-order valence-corrected chi connectivity index (χ4v) is 4.30. The predicted octanol–water partition coefficient (Wildman–Crippen LogP) is 4.78. The van der Waals surface area contributed by atoms with E-state index in [9.17, 15) is 14.9 Å². The number of aryl methyl sites for hydroxylation is 1. The Balaban J connectivity index is 1.54. The van der Waals surface area contributed by atoms with Crippen molar-refractivity contribution in [3.63, 3.8) is 0 Å². The zero-order chi connectivity index (χ0) is 23.5. The van der Waals surface area contributed by atoms with E-state index in [-0.39, 0.29) is 11.6 Å². The molecule has 1 amide bonds. The SMILES string of the molecule is COc1ccc(-c2ccc(/C=C3\SC(Nc4cc(C)ccc4OC)NC3=O)o2)c([N+](=O)[O-])c1. The van der Waals surface area contributed by atoms with Gasteiger partial charge in [0.15, 0.2) is 5.50 Å². The molecule has 33 heavy (non-hydrogen) atoms. The van der Waals surface area contributed by atoms with E-state index in [1.165, 1.54) is 24.9 Å². The lowest BCUT2D eigenvalue weighted by Crippen LogP contribution is -2.31. The van der Waals surface area contributed by atoms with Crippen LogP contribution in [-0.2, 0) is 4.79 Å². The normalized spacial score (nSPS) is 16.5. The largest absolute Gasteiger partial charge is 0.497 e. The first-order chi connectivity index (χ1) is 15.9. The molecule has 10 heteroatoms. The maximum absolute atomic E-state index is 12.5. The van der Waals surface area contributed by atoms with Gasteiger partial charge in [-0.05, 0) is 48.9 Å². The molecule has 0 aliphatic carbocycles. The number of ether oxygens (including phenoxy) is 2. The van der Waals surface area contributed by atoms with E-state index in [1.54, 1.807) is 37.5 Å². The molecule has 3 aromatic rings. The number of benzene rings is 2. The van der Waals surface area contributed by atoms with Crippen LogP contribution in [0.25, 0.3) is 17.4 Å². The standard InChI is InChI=1S/C23H21N3O6S/c1-13-4-8-20(31-3)17(10-13)24-23-25-22(27)21(33-23)12-15-6-9-19(32-15)16-7-5-14(30-2)11-18(16)26(28)29/h4-12,23-24H,1-3H3,(H,25,27)/b21-12-. The van der Waals surface area contributed by atoms with Crippen LogP contribution >= 0.6 is 11.8 Å². The van der Waals surface area contributed by atoms with E-state index >= 15 is 0 Å². The van der Waals surface area contributed by atoms with Crippen LogP contribution in [0.1, 0.15) is 11.3 Å². The van der Waals surface area contributed by atoms with Gasteiger partial charge in [0.05, 0.1) is 41.4 Å². The molecule has 2 heterocycles. The maximum Gasteiger partial charge on any atom is 0.284 e. The summed E-state index contributed by atoms with van der Waals surface area (Å²) < 4.78 is 16.2. The second-order valence-corrected chi connectivity index (χ2v) is 8.32. The van der Waals surface area contributed by atoms with E-state index in [1.807, 2.05) is 25.1 Å². The third-order valence-corrected chi connectivity index (χ3v) is 5.97. The van der Waals surface area contributed by atoms with Gasteiger partial charge in [-0.3, -0.25) is 14.9 Å². The van der Waals surface area contributed by atoms with Crippen LogP contribution < -0.4 is 20.1 Å². The van der Waals surface area contributed by atoms with Crippen LogP contribution in [0.15, 0.2) is 57.9 Å². The molecule has 1 unspecified atom stereocenters. The van der Waals surface area contributed by atoms with Crippen molar-refractivity contribution in [3.05, 3.63) is 74.9 Å². The summed E-state index contributed by atoms with van der Waals surface area (Å²) in [6.45, 7) is 1.97. The molecule has 0 spiro atoms. The molecule has 1 aromatic heterocycles. The van der Waals surface area contributed by atoms with E-state index < -0.39 is 10.4 Å². The molecule has 170 valence electrons. The molecule has 9 nitrogen and oxygen atoms in total. The summed E-state index contributed by atoms with van der Waals surface area (Å²) in [6.07, 6.45) is 1.61. The van der Waals surface area contributed by atoms with Crippen LogP contribution in [0, 0.1) is 17.0 Å². The summed E-state index contributed by atoms with van der Waals surface area (Å²) in [5.74, 6) is 1.52. The van der Waals surface area contributed by atoms with E-state index in [2.05, 4.69) is 10.6 Å². The van der Waals surface area contributed by atoms with Crippen molar-refractivity contribution in [2.45, 2.75) is 12.4 Å². The lowest BCUT2D eigenvalue weighted by atomic mass is 10.1. The third kappa shape index (κ3) is 4.80. The van der Waals surface area contributed by atoms with Crippen LogP contribution in [-0.4, -0.2) is 30.5 Å². The number of furan rings is 1. The van der Waals surface area contributed by atoms with Gasteiger partial charge in [-0.15, -0.1) is 0 Å². The number of rotatable bonds is 7. The highest BCUT2D eigenvalue weighted by Crippen LogP contribution is 2.36. The van der Waals surface area contributed by atoms with E-state index in [4.69, 9.17) is 13.9 Å². The number of nitro groups is 1. The fraction of sp³-hybridized carbons (Fsp3) is 0.174. The minimum absolute atomic E-state index is 0.132. The zero-order valence-corrected chi connectivity index (χ0v) is 18.9. The summed E-state index contributed by atoms with van der Waals surface area (Å²) in [6, 6.07) is 13.6. The molecule has 4 rings (SSSR count). The average Bonchev–Trinajstić information content (AvgIpc) is 3.40. The summed E-state index contributed by atoms with van der Waals surface area (Å²) in [7, 11) is 3.03. The zero-order valence-electron chi connectivity index (χ0n) is 18.1. The number of amides is 1. The Labute approximate surface area is 193 Å². The minimum Gasteiger partial charge on any atom is -0.497 e. The first-order valence-corrected chi connectivity index (χ1v) is 10.8. The van der Waals surface area contributed by atoms with Crippen molar-refractivity contribution in [1.29, 1.82) is 0 Å². The van der Waals surface area contributed by atoms with Gasteiger partial charge in [0.1, 0.15) is 23.0 Å². The molecule has 0 radical (unpaired) electrons. The number of hydrogen-bond donors (Lipinski definition) is 2. The van der Waals surface area contributed by atoms with Crippen LogP contribution in [0.3, 0.4) is 0 Å². The second-order valence-electron chi connectivity index (χ2n) is 7.17. The molecule has 1 saturated heterocycles. The molecular weight excluding hydrogens is 446 g/mol. The Morgan fingerprint density at radius 1 is 1.15 bits per heavy atom. The molecule has 1 fully saturated rings. The number of nitrogens with one attached hydrogen (secondary N) is 2. The molecule has 2 N–H and O–H groups in total. The van der Waals surface area contributed by atoms with Crippen LogP contribution in [0.2, 0.25) is 0 Å². The van der Waals surface area contributed by atoms with Gasteiger partial charge in [0.2, 0.25) is 0 Å². The van der Waals surface area contributed by atoms with Gasteiger partial charge < -0.3 is 24.5 Å². The number of hydrogen-bond acceptors (Lipinski definition) is 8. The van der Waals surface area contributed by atoms with Gasteiger partial charge in [-0.25, -0.2) is 0 Å². The van der Waals surface area contributed by atoms with Gasteiger partial charge in [-0.1, -0.05) is 17.8 Å². The lowest BCUT2D eigenvalue weighted by molar-refractivity contribution is -0.384. The van der Waals surface area contributed by atoms with Crippen molar-refractivity contribution in [2.75, 3.05) is 19.5 Å².